The lowest BCUT2D eigenvalue weighted by atomic mass is 10.0. The summed E-state index contributed by atoms with van der Waals surface area (Å²) in [7, 11) is 0. The second kappa shape index (κ2) is 5.82. The van der Waals surface area contributed by atoms with E-state index in [-0.39, 0.29) is 12.1 Å². The van der Waals surface area contributed by atoms with Crippen molar-refractivity contribution in [2.75, 3.05) is 0 Å². The number of halogens is 1. The van der Waals surface area contributed by atoms with E-state index in [2.05, 4.69) is 0 Å². The van der Waals surface area contributed by atoms with Crippen LogP contribution in [0.5, 0.6) is 0 Å². The highest BCUT2D eigenvalue weighted by Crippen LogP contribution is 2.28. The Hall–Kier alpha value is -1.91. The second-order valence-corrected chi connectivity index (χ2v) is 4.53. The van der Waals surface area contributed by atoms with Gasteiger partial charge in [-0.3, -0.25) is 10.1 Å². The van der Waals surface area contributed by atoms with Crippen LogP contribution in [0, 0.1) is 10.1 Å². The molecule has 0 aliphatic rings. The lowest BCUT2D eigenvalue weighted by molar-refractivity contribution is -0.385. The van der Waals surface area contributed by atoms with Crippen molar-refractivity contribution in [3.8, 4) is 0 Å². The number of hydrogen-bond acceptors (Lipinski definition) is 3. The van der Waals surface area contributed by atoms with E-state index in [9.17, 15) is 15.2 Å². The van der Waals surface area contributed by atoms with Gasteiger partial charge in [0.15, 0.2) is 0 Å². The summed E-state index contributed by atoms with van der Waals surface area (Å²) >= 11 is 5.99. The minimum Gasteiger partial charge on any atom is -0.388 e. The van der Waals surface area contributed by atoms with Crippen molar-refractivity contribution < 1.29 is 10.0 Å². The first kappa shape index (κ1) is 13.5. The molecule has 2 aromatic carbocycles. The molecule has 5 heteroatoms. The van der Waals surface area contributed by atoms with Crippen molar-refractivity contribution in [2.24, 2.45) is 0 Å². The number of para-hydroxylation sites is 1. The summed E-state index contributed by atoms with van der Waals surface area (Å²) in [5.74, 6) is 0. The molecule has 1 atom stereocenters. The summed E-state index contributed by atoms with van der Waals surface area (Å²) in [4.78, 5) is 10.5. The highest BCUT2D eigenvalue weighted by atomic mass is 35.5. The average Bonchev–Trinajstić information content (AvgIpc) is 2.39. The zero-order valence-corrected chi connectivity index (χ0v) is 10.7. The first-order chi connectivity index (χ1) is 9.09. The molecule has 0 saturated carbocycles. The van der Waals surface area contributed by atoms with E-state index >= 15 is 0 Å². The Balaban J connectivity index is 2.27. The van der Waals surface area contributed by atoms with Crippen LogP contribution >= 0.6 is 11.6 Å². The minimum atomic E-state index is -0.866. The van der Waals surface area contributed by atoms with Crippen LogP contribution in [0.15, 0.2) is 48.5 Å². The largest absolute Gasteiger partial charge is 0.388 e. The molecule has 1 N–H and O–H groups in total. The fourth-order valence-electron chi connectivity index (χ4n) is 1.93. The van der Waals surface area contributed by atoms with E-state index < -0.39 is 11.0 Å². The van der Waals surface area contributed by atoms with E-state index in [4.69, 9.17) is 11.6 Å². The molecule has 19 heavy (non-hydrogen) atoms. The number of benzene rings is 2. The molecule has 0 aliphatic carbocycles. The van der Waals surface area contributed by atoms with Gasteiger partial charge in [0.25, 0.3) is 5.69 Å². The maximum Gasteiger partial charge on any atom is 0.272 e. The third kappa shape index (κ3) is 3.10. The van der Waals surface area contributed by atoms with Gasteiger partial charge in [0.2, 0.25) is 0 Å². The van der Waals surface area contributed by atoms with Crippen LogP contribution in [0.25, 0.3) is 0 Å². The SMILES string of the molecule is O=[N+]([O-])c1ccccc1CC(O)c1ccccc1Cl. The molecule has 4 nitrogen and oxygen atoms in total. The zero-order valence-electron chi connectivity index (χ0n) is 9.99. The Kier molecular flexibility index (Phi) is 4.14. The molecule has 0 aromatic heterocycles. The van der Waals surface area contributed by atoms with Crippen LogP contribution in [0.4, 0.5) is 5.69 Å². The van der Waals surface area contributed by atoms with Gasteiger partial charge in [0, 0.05) is 23.1 Å². The van der Waals surface area contributed by atoms with Gasteiger partial charge >= 0.3 is 0 Å². The molecule has 0 spiro atoms. The summed E-state index contributed by atoms with van der Waals surface area (Å²) in [6, 6.07) is 13.3. The second-order valence-electron chi connectivity index (χ2n) is 4.13. The van der Waals surface area contributed by atoms with Crippen LogP contribution in [0.3, 0.4) is 0 Å². The number of rotatable bonds is 4. The first-order valence-electron chi connectivity index (χ1n) is 5.74. The quantitative estimate of drug-likeness (QED) is 0.687. The predicted octanol–water partition coefficient (Wildman–Crippen LogP) is 3.52. The highest BCUT2D eigenvalue weighted by Gasteiger charge is 2.18. The zero-order chi connectivity index (χ0) is 13.8. The molecule has 0 aliphatic heterocycles. The van der Waals surface area contributed by atoms with E-state index in [0.717, 1.165) is 0 Å². The van der Waals surface area contributed by atoms with Gasteiger partial charge in [0.1, 0.15) is 0 Å². The highest BCUT2D eigenvalue weighted by molar-refractivity contribution is 6.31. The maximum absolute atomic E-state index is 10.9. The van der Waals surface area contributed by atoms with Gasteiger partial charge < -0.3 is 5.11 Å². The third-order valence-corrected chi connectivity index (χ3v) is 3.21. The summed E-state index contributed by atoms with van der Waals surface area (Å²) in [5, 5.41) is 21.5. The molecule has 0 heterocycles. The molecule has 0 bridgehead atoms. The third-order valence-electron chi connectivity index (χ3n) is 2.87. The Morgan fingerprint density at radius 2 is 1.79 bits per heavy atom. The Bertz CT molecular complexity index is 601. The fourth-order valence-corrected chi connectivity index (χ4v) is 2.19. The Labute approximate surface area is 115 Å². The van der Waals surface area contributed by atoms with Gasteiger partial charge in [0.05, 0.1) is 11.0 Å². The van der Waals surface area contributed by atoms with Crippen molar-refractivity contribution in [3.63, 3.8) is 0 Å². The number of aliphatic hydroxyl groups excluding tert-OH is 1. The van der Waals surface area contributed by atoms with Gasteiger partial charge in [-0.2, -0.15) is 0 Å². The van der Waals surface area contributed by atoms with Crippen LogP contribution in [0.1, 0.15) is 17.2 Å². The van der Waals surface area contributed by atoms with Crippen LogP contribution < -0.4 is 0 Å². The van der Waals surface area contributed by atoms with Crippen molar-refractivity contribution >= 4 is 17.3 Å². The van der Waals surface area contributed by atoms with E-state index in [0.29, 0.717) is 16.1 Å². The summed E-state index contributed by atoms with van der Waals surface area (Å²) in [6.45, 7) is 0. The van der Waals surface area contributed by atoms with E-state index in [1.54, 1.807) is 42.5 Å². The van der Waals surface area contributed by atoms with Crippen LogP contribution in [-0.4, -0.2) is 10.0 Å². The first-order valence-corrected chi connectivity index (χ1v) is 6.12. The van der Waals surface area contributed by atoms with Gasteiger partial charge in [-0.1, -0.05) is 48.0 Å². The number of nitro benzene ring substituents is 1. The minimum absolute atomic E-state index is 0.00797. The van der Waals surface area contributed by atoms with Crippen LogP contribution in [0.2, 0.25) is 5.02 Å². The van der Waals surface area contributed by atoms with Crippen molar-refractivity contribution in [3.05, 3.63) is 74.8 Å². The van der Waals surface area contributed by atoms with Crippen molar-refractivity contribution in [2.45, 2.75) is 12.5 Å². The molecule has 0 amide bonds. The topological polar surface area (TPSA) is 63.4 Å². The molecular weight excluding hydrogens is 266 g/mol. The Morgan fingerprint density at radius 3 is 2.47 bits per heavy atom. The molecular formula is C14H12ClNO3. The predicted molar refractivity (Wildman–Crippen MR) is 73.2 cm³/mol. The lowest BCUT2D eigenvalue weighted by Gasteiger charge is -2.12. The standard InChI is InChI=1S/C14H12ClNO3/c15-12-7-3-2-6-11(12)14(17)9-10-5-1-4-8-13(10)16(18)19/h1-8,14,17H,9H2. The lowest BCUT2D eigenvalue weighted by Crippen LogP contribution is -2.04. The smallest absolute Gasteiger partial charge is 0.272 e. The maximum atomic E-state index is 10.9. The molecule has 1 unspecified atom stereocenters. The van der Waals surface area contributed by atoms with E-state index in [1.165, 1.54) is 6.07 Å². The molecule has 2 aromatic rings. The summed E-state index contributed by atoms with van der Waals surface area (Å²) < 4.78 is 0. The summed E-state index contributed by atoms with van der Waals surface area (Å²) in [5.41, 5.74) is 1.07. The number of nitrogens with zero attached hydrogens (tertiary/aromatic N) is 1. The average molecular weight is 278 g/mol. The molecule has 0 saturated heterocycles. The number of nitro groups is 1. The van der Waals surface area contributed by atoms with E-state index in [1.807, 2.05) is 0 Å². The van der Waals surface area contributed by atoms with Crippen molar-refractivity contribution in [1.29, 1.82) is 0 Å². The monoisotopic (exact) mass is 277 g/mol. The molecule has 2 rings (SSSR count). The summed E-state index contributed by atoms with van der Waals surface area (Å²) in [6.07, 6.45) is -0.712. The molecule has 0 radical (unpaired) electrons. The molecule has 98 valence electrons. The number of aliphatic hydroxyl groups is 1. The van der Waals surface area contributed by atoms with Crippen LogP contribution in [-0.2, 0) is 6.42 Å². The number of hydrogen-bond donors (Lipinski definition) is 1. The fraction of sp³-hybridized carbons (Fsp3) is 0.143. The molecule has 0 fully saturated rings. The normalized spacial score (nSPS) is 12.1. The van der Waals surface area contributed by atoms with Crippen molar-refractivity contribution in [1.82, 2.24) is 0 Å². The van der Waals surface area contributed by atoms with Gasteiger partial charge in [-0.05, 0) is 11.6 Å². The van der Waals surface area contributed by atoms with Gasteiger partial charge in [-0.25, -0.2) is 0 Å². The Morgan fingerprint density at radius 1 is 1.16 bits per heavy atom. The van der Waals surface area contributed by atoms with Gasteiger partial charge in [-0.15, -0.1) is 0 Å².